The summed E-state index contributed by atoms with van der Waals surface area (Å²) < 4.78 is 22.3. The van der Waals surface area contributed by atoms with Crippen LogP contribution < -0.4 is 24.7 Å². The predicted octanol–water partition coefficient (Wildman–Crippen LogP) is 5.80. The Kier molecular flexibility index (Phi) is 7.68. The Bertz CT molecular complexity index is 1690. The van der Waals surface area contributed by atoms with Crippen LogP contribution in [0.3, 0.4) is 0 Å². The molecular weight excluding hydrogens is 504 g/mol. The highest BCUT2D eigenvalue weighted by Crippen LogP contribution is 2.39. The Morgan fingerprint density at radius 3 is 1.95 bits per heavy atom. The summed E-state index contributed by atoms with van der Waals surface area (Å²) in [6.07, 6.45) is 8.39. The van der Waals surface area contributed by atoms with Crippen LogP contribution in [-0.2, 0) is 12.8 Å². The van der Waals surface area contributed by atoms with Crippen LogP contribution in [0.25, 0.3) is 22.0 Å². The van der Waals surface area contributed by atoms with Gasteiger partial charge in [-0.3, -0.25) is 9.97 Å². The van der Waals surface area contributed by atoms with Crippen LogP contribution in [0.2, 0.25) is 0 Å². The molecule has 0 aliphatic heterocycles. The first-order valence-corrected chi connectivity index (χ1v) is 12.8. The first kappa shape index (κ1) is 26.7. The number of benzene rings is 2. The zero-order chi connectivity index (χ0) is 28.2. The summed E-state index contributed by atoms with van der Waals surface area (Å²) in [6.45, 7) is 2.05. The lowest BCUT2D eigenvalue weighted by atomic mass is 9.90. The summed E-state index contributed by atoms with van der Waals surface area (Å²) in [7, 11) is 6.60. The largest absolute Gasteiger partial charge is 0.497 e. The molecule has 0 aliphatic carbocycles. The molecule has 0 radical (unpaired) electrons. The number of nitrogens with zero attached hydrogens (tertiary/aromatic N) is 3. The van der Waals surface area contributed by atoms with E-state index in [0.717, 1.165) is 72.8 Å². The summed E-state index contributed by atoms with van der Waals surface area (Å²) in [6, 6.07) is 13.7. The van der Waals surface area contributed by atoms with Crippen molar-refractivity contribution < 1.29 is 18.9 Å². The maximum Gasteiger partial charge on any atom is 0.133 e. The van der Waals surface area contributed by atoms with E-state index in [2.05, 4.69) is 9.97 Å². The molecule has 0 bridgehead atoms. The summed E-state index contributed by atoms with van der Waals surface area (Å²) >= 11 is 0. The molecule has 3 heterocycles. The quantitative estimate of drug-likeness (QED) is 0.252. The second-order valence-corrected chi connectivity index (χ2v) is 9.45. The number of ether oxygens (including phenoxy) is 4. The van der Waals surface area contributed by atoms with Gasteiger partial charge in [-0.1, -0.05) is 12.1 Å². The molecule has 0 saturated heterocycles. The number of nitrogens with two attached hydrogens (primary N) is 1. The van der Waals surface area contributed by atoms with E-state index < -0.39 is 0 Å². The normalized spacial score (nSPS) is 10.9. The number of hydrogen-bond donors (Lipinski definition) is 1. The van der Waals surface area contributed by atoms with Gasteiger partial charge < -0.3 is 24.7 Å². The van der Waals surface area contributed by atoms with Crippen molar-refractivity contribution in [3.05, 3.63) is 95.1 Å². The number of fused-ring (bicyclic) bond motifs is 1. The summed E-state index contributed by atoms with van der Waals surface area (Å²) in [4.78, 5) is 13.9. The Balaban J connectivity index is 1.78. The molecule has 8 heteroatoms. The highest BCUT2D eigenvalue weighted by atomic mass is 16.5. The minimum Gasteiger partial charge on any atom is -0.497 e. The van der Waals surface area contributed by atoms with Crippen LogP contribution in [0.4, 0.5) is 5.82 Å². The summed E-state index contributed by atoms with van der Waals surface area (Å²) in [5.74, 6) is 3.33. The summed E-state index contributed by atoms with van der Waals surface area (Å²) in [5, 5.41) is 1.79. The predicted molar refractivity (Wildman–Crippen MR) is 157 cm³/mol. The smallest absolute Gasteiger partial charge is 0.133 e. The maximum atomic E-state index is 6.60. The van der Waals surface area contributed by atoms with Crippen LogP contribution >= 0.6 is 0 Å². The Labute approximate surface area is 233 Å². The van der Waals surface area contributed by atoms with Gasteiger partial charge in [0.1, 0.15) is 28.8 Å². The lowest BCUT2D eigenvalue weighted by molar-refractivity contribution is 0.391. The van der Waals surface area contributed by atoms with Crippen molar-refractivity contribution in [1.29, 1.82) is 0 Å². The first-order chi connectivity index (χ1) is 19.5. The number of pyridine rings is 3. The van der Waals surface area contributed by atoms with Gasteiger partial charge in [0, 0.05) is 60.7 Å². The van der Waals surface area contributed by atoms with E-state index in [-0.39, 0.29) is 0 Å². The van der Waals surface area contributed by atoms with Gasteiger partial charge in [-0.2, -0.15) is 0 Å². The van der Waals surface area contributed by atoms with E-state index >= 15 is 0 Å². The minimum atomic E-state index is 0.412. The van der Waals surface area contributed by atoms with Gasteiger partial charge in [0.25, 0.3) is 0 Å². The van der Waals surface area contributed by atoms with Gasteiger partial charge in [0.2, 0.25) is 0 Å². The monoisotopic (exact) mass is 536 g/mol. The average Bonchev–Trinajstić information content (AvgIpc) is 2.99. The second-order valence-electron chi connectivity index (χ2n) is 9.45. The lowest BCUT2D eigenvalue weighted by Crippen LogP contribution is -2.06. The van der Waals surface area contributed by atoms with Gasteiger partial charge in [-0.25, -0.2) is 4.98 Å². The number of nitrogen functional groups attached to an aromatic ring is 1. The molecule has 0 aliphatic rings. The van der Waals surface area contributed by atoms with Crippen molar-refractivity contribution in [2.24, 2.45) is 0 Å². The molecule has 5 rings (SSSR count). The molecule has 0 spiro atoms. The van der Waals surface area contributed by atoms with Crippen LogP contribution in [-0.4, -0.2) is 43.4 Å². The van der Waals surface area contributed by atoms with E-state index in [1.54, 1.807) is 40.8 Å². The molecule has 0 atom stereocenters. The number of anilines is 1. The van der Waals surface area contributed by atoms with Gasteiger partial charge in [0.05, 0.1) is 34.1 Å². The molecule has 204 valence electrons. The van der Waals surface area contributed by atoms with Gasteiger partial charge in [0.15, 0.2) is 0 Å². The molecule has 8 nitrogen and oxygen atoms in total. The van der Waals surface area contributed by atoms with Crippen molar-refractivity contribution in [1.82, 2.24) is 15.0 Å². The fourth-order valence-electron chi connectivity index (χ4n) is 5.05. The van der Waals surface area contributed by atoms with E-state index in [1.807, 2.05) is 61.8 Å². The third-order valence-electron chi connectivity index (χ3n) is 7.15. The molecule has 0 amide bonds. The molecule has 5 aromatic rings. The first-order valence-electron chi connectivity index (χ1n) is 12.8. The van der Waals surface area contributed by atoms with Crippen molar-refractivity contribution in [3.63, 3.8) is 0 Å². The standard InChI is InChI=1S/C32H32N4O4/c1-19-10-11-34-17-26(19)31-25(13-21-7-9-24(38-3)15-29(21)40-5)30-22(16-35-18-27(30)32(33)36-31)12-20-6-8-23(37-2)14-28(20)39-4/h6-11,14-18H,12-13H2,1-5H3,(H2,33,36). The lowest BCUT2D eigenvalue weighted by Gasteiger charge is -2.19. The molecular formula is C32H32N4O4. The van der Waals surface area contributed by atoms with Crippen molar-refractivity contribution in [3.8, 4) is 34.3 Å². The third-order valence-corrected chi connectivity index (χ3v) is 7.15. The van der Waals surface area contributed by atoms with E-state index in [9.17, 15) is 0 Å². The number of methoxy groups -OCH3 is 4. The molecule has 40 heavy (non-hydrogen) atoms. The van der Waals surface area contributed by atoms with E-state index in [4.69, 9.17) is 29.7 Å². The average molecular weight is 537 g/mol. The number of aromatic nitrogens is 3. The summed E-state index contributed by atoms with van der Waals surface area (Å²) in [5.41, 5.74) is 13.4. The van der Waals surface area contributed by atoms with Gasteiger partial charge in [-0.15, -0.1) is 0 Å². The van der Waals surface area contributed by atoms with Crippen LogP contribution in [0.5, 0.6) is 23.0 Å². The fourth-order valence-corrected chi connectivity index (χ4v) is 5.05. The van der Waals surface area contributed by atoms with Crippen LogP contribution in [0.1, 0.15) is 27.8 Å². The maximum absolute atomic E-state index is 6.60. The van der Waals surface area contributed by atoms with Gasteiger partial charge >= 0.3 is 0 Å². The molecule has 2 aromatic carbocycles. The van der Waals surface area contributed by atoms with Crippen LogP contribution in [0, 0.1) is 6.92 Å². The highest BCUT2D eigenvalue weighted by Gasteiger charge is 2.21. The number of aryl methyl sites for hydroxylation is 1. The minimum absolute atomic E-state index is 0.412. The SMILES string of the molecule is COc1ccc(Cc2cncc3c(N)nc(-c4cnccc4C)c(Cc4ccc(OC)cc4OC)c23)c(OC)c1. The zero-order valence-corrected chi connectivity index (χ0v) is 23.3. The zero-order valence-electron chi connectivity index (χ0n) is 23.3. The fraction of sp³-hybridized carbons (Fsp3) is 0.219. The highest BCUT2D eigenvalue weighted by molar-refractivity contribution is 5.99. The Hall–Kier alpha value is -4.85. The third kappa shape index (κ3) is 5.08. The van der Waals surface area contributed by atoms with Crippen molar-refractivity contribution in [2.45, 2.75) is 19.8 Å². The van der Waals surface area contributed by atoms with Crippen molar-refractivity contribution in [2.75, 3.05) is 34.2 Å². The van der Waals surface area contributed by atoms with E-state index in [0.29, 0.717) is 18.7 Å². The van der Waals surface area contributed by atoms with Crippen LogP contribution in [0.15, 0.2) is 67.3 Å². The Morgan fingerprint density at radius 1 is 0.700 bits per heavy atom. The molecule has 2 N–H and O–H groups in total. The molecule has 0 saturated carbocycles. The number of hydrogen-bond acceptors (Lipinski definition) is 8. The Morgan fingerprint density at radius 2 is 1.35 bits per heavy atom. The molecule has 0 unspecified atom stereocenters. The van der Waals surface area contributed by atoms with Gasteiger partial charge in [-0.05, 0) is 58.3 Å². The number of rotatable bonds is 9. The topological polar surface area (TPSA) is 102 Å². The molecule has 0 fully saturated rings. The van der Waals surface area contributed by atoms with Crippen molar-refractivity contribution >= 4 is 16.6 Å². The van der Waals surface area contributed by atoms with E-state index in [1.165, 1.54) is 0 Å². The molecule has 3 aromatic heterocycles. The second kappa shape index (κ2) is 11.5.